The summed E-state index contributed by atoms with van der Waals surface area (Å²) in [4.78, 5) is 7.94. The van der Waals surface area contributed by atoms with Gasteiger partial charge >= 0.3 is 10.4 Å². The van der Waals surface area contributed by atoms with Crippen LogP contribution in [0.5, 0.6) is 11.5 Å². The third-order valence-electron chi connectivity index (χ3n) is 7.21. The summed E-state index contributed by atoms with van der Waals surface area (Å²) in [6.45, 7) is 5.97. The first kappa shape index (κ1) is 39.6. The molecule has 0 amide bonds. The first-order valence-electron chi connectivity index (χ1n) is 14.5. The number of rotatable bonds is 15. The van der Waals surface area contributed by atoms with Gasteiger partial charge in [-0.15, -0.1) is 0 Å². The zero-order chi connectivity index (χ0) is 38.2. The van der Waals surface area contributed by atoms with Gasteiger partial charge in [-0.2, -0.15) is 16.8 Å². The van der Waals surface area contributed by atoms with Gasteiger partial charge in [0.05, 0.1) is 37.9 Å². The molecule has 23 heteroatoms. The highest BCUT2D eigenvalue weighted by Crippen LogP contribution is 2.55. The number of benzene rings is 3. The van der Waals surface area contributed by atoms with Gasteiger partial charge in [0.25, 0.3) is 10.1 Å². The Balaban J connectivity index is 1.62. The van der Waals surface area contributed by atoms with Crippen molar-refractivity contribution in [1.82, 2.24) is 4.98 Å². The van der Waals surface area contributed by atoms with E-state index in [9.17, 15) is 33.7 Å². The number of fused-ring (bicyclic) bond motifs is 4. The Morgan fingerprint density at radius 2 is 1.63 bits per heavy atom. The van der Waals surface area contributed by atoms with Gasteiger partial charge < -0.3 is 19.2 Å². The van der Waals surface area contributed by atoms with Crippen LogP contribution in [0.25, 0.3) is 22.6 Å². The Kier molecular flexibility index (Phi) is 11.4. The SMILES string of the molecule is C=CS(=O)(=O)c1c(CCCOS(=O)(=O)OC)ccc2c1Oc1c(c(Cl)c3oc4c(S(=O)(=O)C=C)c(=NCCOCS(=O)(=O)O)ccc-4nc3c1Cl)N2. The van der Waals surface area contributed by atoms with Crippen LogP contribution in [-0.4, -0.2) is 76.0 Å². The second-order valence-corrected chi connectivity index (χ2v) is 17.8. The number of sulfone groups is 2. The minimum atomic E-state index is -4.40. The van der Waals surface area contributed by atoms with Crippen molar-refractivity contribution < 1.29 is 60.5 Å². The predicted molar refractivity (Wildman–Crippen MR) is 188 cm³/mol. The van der Waals surface area contributed by atoms with Gasteiger partial charge in [-0.1, -0.05) is 42.4 Å². The Labute approximate surface area is 307 Å². The third-order valence-corrected chi connectivity index (χ3v) is 12.1. The standard InChI is InChI=1S/C29H27Cl2N3O14S4/c1-4-49(35,36)28-16(7-6-13-46-52(42,43)44-3)8-9-17-24(28)47-26-20(30)23-27(21(31)22(26)33-17)48-25-18(34-23)10-11-19(29(25)50(37,38)5-2)32-12-14-45-15-51(39,40)41/h4-5,8-11,33H,1-2,6-7,12-15H2,3H3,(H,39,40,41). The number of halogens is 2. The Morgan fingerprint density at radius 1 is 0.942 bits per heavy atom. The Morgan fingerprint density at radius 3 is 2.29 bits per heavy atom. The van der Waals surface area contributed by atoms with E-state index in [1.54, 1.807) is 0 Å². The van der Waals surface area contributed by atoms with Gasteiger partial charge in [-0.05, 0) is 36.6 Å². The molecule has 0 bridgehead atoms. The van der Waals surface area contributed by atoms with Gasteiger partial charge in [-0.3, -0.25) is 13.7 Å². The van der Waals surface area contributed by atoms with E-state index in [1.165, 1.54) is 24.3 Å². The number of nitrogens with one attached hydrogen (secondary N) is 1. The maximum absolute atomic E-state index is 13.3. The molecule has 0 unspecified atom stereocenters. The van der Waals surface area contributed by atoms with Crippen molar-refractivity contribution in [2.45, 2.75) is 22.6 Å². The van der Waals surface area contributed by atoms with Crippen LogP contribution in [0.2, 0.25) is 10.0 Å². The van der Waals surface area contributed by atoms with Crippen molar-refractivity contribution in [3.8, 4) is 23.0 Å². The molecule has 0 spiro atoms. The van der Waals surface area contributed by atoms with Crippen molar-refractivity contribution in [2.24, 2.45) is 4.99 Å². The third kappa shape index (κ3) is 8.12. The second-order valence-electron chi connectivity index (χ2n) is 10.6. The summed E-state index contributed by atoms with van der Waals surface area (Å²) in [5, 5.41) is 3.90. The first-order chi connectivity index (χ1) is 24.3. The fourth-order valence-corrected chi connectivity index (χ4v) is 8.34. The fourth-order valence-electron chi connectivity index (χ4n) is 4.97. The molecule has 5 rings (SSSR count). The number of nitrogens with zero attached hydrogens (tertiary/aromatic N) is 2. The minimum Gasteiger partial charge on any atom is -0.450 e. The lowest BCUT2D eigenvalue weighted by Crippen LogP contribution is -2.18. The summed E-state index contributed by atoms with van der Waals surface area (Å²) in [5.41, 5.74) is 0.100. The maximum atomic E-state index is 13.3. The zero-order valence-corrected chi connectivity index (χ0v) is 31.4. The molecule has 0 saturated heterocycles. The summed E-state index contributed by atoms with van der Waals surface area (Å²) >= 11 is 13.6. The van der Waals surface area contributed by atoms with E-state index in [0.717, 1.165) is 12.5 Å². The van der Waals surface area contributed by atoms with Gasteiger partial charge in [0.2, 0.25) is 19.7 Å². The number of anilines is 2. The van der Waals surface area contributed by atoms with E-state index >= 15 is 0 Å². The van der Waals surface area contributed by atoms with Crippen LogP contribution in [-0.2, 0) is 59.7 Å². The molecule has 2 aliphatic heterocycles. The molecule has 0 saturated carbocycles. The lowest BCUT2D eigenvalue weighted by molar-refractivity contribution is 0.178. The van der Waals surface area contributed by atoms with Gasteiger partial charge in [0.15, 0.2) is 28.8 Å². The average molecular weight is 841 g/mol. The number of ether oxygens (including phenoxy) is 2. The first-order valence-corrected chi connectivity index (χ1v) is 21.3. The lowest BCUT2D eigenvalue weighted by atomic mass is 10.1. The van der Waals surface area contributed by atoms with Crippen LogP contribution in [0.15, 0.2) is 67.4 Å². The molecule has 280 valence electrons. The smallest absolute Gasteiger partial charge is 0.399 e. The molecule has 2 aromatic carbocycles. The molecule has 0 fully saturated rings. The zero-order valence-electron chi connectivity index (χ0n) is 26.7. The van der Waals surface area contributed by atoms with Crippen LogP contribution < -0.4 is 15.4 Å². The van der Waals surface area contributed by atoms with Crippen LogP contribution >= 0.6 is 23.2 Å². The summed E-state index contributed by atoms with van der Waals surface area (Å²) in [5.74, 6) is -1.58. The van der Waals surface area contributed by atoms with E-state index in [0.29, 0.717) is 5.41 Å². The highest BCUT2D eigenvalue weighted by molar-refractivity contribution is 7.94. The Bertz CT molecular complexity index is 2610. The fraction of sp³-hybridized carbons (Fsp3) is 0.241. The van der Waals surface area contributed by atoms with Crippen molar-refractivity contribution in [3.05, 3.63) is 69.2 Å². The van der Waals surface area contributed by atoms with Crippen molar-refractivity contribution >= 4 is 85.9 Å². The van der Waals surface area contributed by atoms with Crippen molar-refractivity contribution in [3.63, 3.8) is 0 Å². The summed E-state index contributed by atoms with van der Waals surface area (Å²) < 4.78 is 133. The molecule has 17 nitrogen and oxygen atoms in total. The lowest BCUT2D eigenvalue weighted by Gasteiger charge is -2.27. The predicted octanol–water partition coefficient (Wildman–Crippen LogP) is 4.53. The Hall–Kier alpha value is -3.64. The average Bonchev–Trinajstić information content (AvgIpc) is 3.09. The summed E-state index contributed by atoms with van der Waals surface area (Å²) in [7, 11) is -16.1. The quantitative estimate of drug-likeness (QED) is 0.0836. The van der Waals surface area contributed by atoms with E-state index in [2.05, 4.69) is 32.6 Å². The molecule has 0 radical (unpaired) electrons. The molecule has 2 aromatic rings. The normalized spacial score (nSPS) is 13.7. The minimum absolute atomic E-state index is 0.0218. The number of aromatic nitrogens is 1. The summed E-state index contributed by atoms with van der Waals surface area (Å²) in [6, 6.07) is 5.65. The molecule has 1 aliphatic carbocycles. The second kappa shape index (κ2) is 15.0. The van der Waals surface area contributed by atoms with Gasteiger partial charge in [0, 0.05) is 10.8 Å². The van der Waals surface area contributed by atoms with Crippen molar-refractivity contribution in [1.29, 1.82) is 0 Å². The number of hydrogen-bond donors (Lipinski definition) is 2. The molecule has 0 atom stereocenters. The summed E-state index contributed by atoms with van der Waals surface area (Å²) in [6.07, 6.45) is 0.104. The molecule has 52 heavy (non-hydrogen) atoms. The van der Waals surface area contributed by atoms with Crippen LogP contribution in [0, 0.1) is 0 Å². The van der Waals surface area contributed by atoms with E-state index < -0.39 is 51.0 Å². The molecular weight excluding hydrogens is 813 g/mol. The number of aryl methyl sites for hydroxylation is 1. The molecule has 3 aliphatic rings. The molecule has 0 aromatic heterocycles. The molecule has 2 heterocycles. The van der Waals surface area contributed by atoms with E-state index in [4.69, 9.17) is 45.8 Å². The van der Waals surface area contributed by atoms with Crippen molar-refractivity contribution in [2.75, 3.05) is 38.1 Å². The van der Waals surface area contributed by atoms with E-state index in [1.807, 2.05) is 0 Å². The topological polar surface area (TPSA) is 244 Å². The van der Waals surface area contributed by atoms with E-state index in [-0.39, 0.29) is 104 Å². The largest absolute Gasteiger partial charge is 0.450 e. The maximum Gasteiger partial charge on any atom is 0.399 e. The van der Waals surface area contributed by atoms with Crippen LogP contribution in [0.3, 0.4) is 0 Å². The highest BCUT2D eigenvalue weighted by Gasteiger charge is 2.34. The molecule has 2 N–H and O–H groups in total. The van der Waals surface area contributed by atoms with Crippen LogP contribution in [0.4, 0.5) is 11.4 Å². The van der Waals surface area contributed by atoms with Gasteiger partial charge in [0.1, 0.15) is 36.7 Å². The van der Waals surface area contributed by atoms with Gasteiger partial charge in [-0.25, -0.2) is 26.0 Å². The monoisotopic (exact) mass is 839 g/mol. The number of hydrogen-bond acceptors (Lipinski definition) is 16. The highest BCUT2D eigenvalue weighted by atomic mass is 35.5. The van der Waals surface area contributed by atoms with Crippen LogP contribution in [0.1, 0.15) is 12.0 Å². The molecular formula is C29H27Cl2N3O14S4.